The Balaban J connectivity index is 1.50. The van der Waals surface area contributed by atoms with Gasteiger partial charge in [-0.05, 0) is 60.4 Å². The molecule has 0 unspecified atom stereocenters. The van der Waals surface area contributed by atoms with Gasteiger partial charge in [-0.1, -0.05) is 54.1 Å². The molecule has 3 aromatic carbocycles. The van der Waals surface area contributed by atoms with E-state index >= 15 is 0 Å². The molecule has 10 nitrogen and oxygen atoms in total. The van der Waals surface area contributed by atoms with Crippen molar-refractivity contribution in [2.75, 3.05) is 6.54 Å². The van der Waals surface area contributed by atoms with Crippen LogP contribution >= 0.6 is 11.6 Å². The molecule has 14 heteroatoms. The number of aliphatic imine (C=N–C) groups is 1. The van der Waals surface area contributed by atoms with Crippen LogP contribution in [-0.4, -0.2) is 52.1 Å². The van der Waals surface area contributed by atoms with Gasteiger partial charge in [0.15, 0.2) is 0 Å². The second-order valence-electron chi connectivity index (χ2n) is 9.53. The van der Waals surface area contributed by atoms with Crippen LogP contribution in [0, 0.1) is 5.82 Å². The average Bonchev–Trinajstić information content (AvgIpc) is 3.33. The molecule has 1 aliphatic heterocycles. The van der Waals surface area contributed by atoms with Gasteiger partial charge in [0.05, 0.1) is 23.2 Å². The van der Waals surface area contributed by atoms with Crippen molar-refractivity contribution < 1.29 is 21.2 Å². The lowest BCUT2D eigenvalue weighted by Crippen LogP contribution is -2.50. The number of guanidine groups is 1. The average molecular weight is 605 g/mol. The van der Waals surface area contributed by atoms with Crippen molar-refractivity contribution in [2.45, 2.75) is 35.7 Å². The Morgan fingerprint density at radius 3 is 2.25 bits per heavy atom. The molecule has 1 atom stereocenters. The lowest BCUT2D eigenvalue weighted by Gasteiger charge is -2.33. The monoisotopic (exact) mass is 604 g/mol. The number of nitrogens with two attached hydrogens (primary N) is 1. The number of benzene rings is 3. The van der Waals surface area contributed by atoms with Crippen molar-refractivity contribution in [1.82, 2.24) is 14.5 Å². The molecular weight excluding hydrogens is 579 g/mol. The first kappa shape index (κ1) is 28.2. The first-order chi connectivity index (χ1) is 19.0. The molecule has 0 aromatic heterocycles. The fourth-order valence-corrected chi connectivity index (χ4v) is 6.39. The van der Waals surface area contributed by atoms with Crippen LogP contribution in [0.25, 0.3) is 0 Å². The highest BCUT2D eigenvalue weighted by atomic mass is 35.5. The maximum absolute atomic E-state index is 13.7. The summed E-state index contributed by atoms with van der Waals surface area (Å²) in [4.78, 5) is 4.61. The van der Waals surface area contributed by atoms with E-state index in [1.807, 2.05) is 30.3 Å². The molecule has 3 aromatic rings. The molecular formula is C26H26ClFN6O4S2. The van der Waals surface area contributed by atoms with Crippen LogP contribution in [0.3, 0.4) is 0 Å². The highest BCUT2D eigenvalue weighted by Crippen LogP contribution is 2.30. The molecule has 0 amide bonds. The lowest BCUT2D eigenvalue weighted by molar-refractivity contribution is 0.323. The first-order valence-corrected chi connectivity index (χ1v) is 15.7. The van der Waals surface area contributed by atoms with E-state index in [4.69, 9.17) is 21.8 Å². The van der Waals surface area contributed by atoms with Crippen molar-refractivity contribution >= 4 is 43.5 Å². The molecule has 0 radical (unpaired) electrons. The van der Waals surface area contributed by atoms with Crippen LogP contribution < -0.4 is 14.6 Å². The zero-order valence-corrected chi connectivity index (χ0v) is 23.4. The number of hydrazone groups is 1. The van der Waals surface area contributed by atoms with Crippen LogP contribution in [0.4, 0.5) is 4.39 Å². The predicted octanol–water partition coefficient (Wildman–Crippen LogP) is 2.94. The highest BCUT2D eigenvalue weighted by molar-refractivity contribution is 7.90. The normalized spacial score (nSPS) is 21.6. The summed E-state index contributed by atoms with van der Waals surface area (Å²) in [5.74, 6) is -0.678. The van der Waals surface area contributed by atoms with Crippen molar-refractivity contribution in [2.24, 2.45) is 15.2 Å². The van der Waals surface area contributed by atoms with Crippen molar-refractivity contribution in [3.8, 4) is 0 Å². The Bertz CT molecular complexity index is 1650. The van der Waals surface area contributed by atoms with Crippen molar-refractivity contribution in [3.05, 3.63) is 101 Å². The van der Waals surface area contributed by atoms with E-state index in [0.29, 0.717) is 29.1 Å². The molecule has 1 heterocycles. The van der Waals surface area contributed by atoms with Crippen molar-refractivity contribution in [3.63, 3.8) is 0 Å². The van der Waals surface area contributed by atoms with Crippen LogP contribution in [-0.2, 0) is 20.2 Å². The molecule has 0 saturated heterocycles. The zero-order valence-electron chi connectivity index (χ0n) is 21.0. The summed E-state index contributed by atoms with van der Waals surface area (Å²) in [7, 11) is -7.97. The number of rotatable bonds is 7. The molecule has 5 rings (SSSR count). The summed E-state index contributed by atoms with van der Waals surface area (Å²) in [6.07, 6.45) is 0.653. The minimum atomic E-state index is -4.09. The SMILES string of the molecule is NS(=O)(=O)NC1CC(N=C(NS(=O)(=O)c2ccc(Cl)cc2)N2C[C@H](c3ccccc3)C(c3ccc(F)cc3)=N2)C1. The molecule has 2 aliphatic rings. The van der Waals surface area contributed by atoms with E-state index in [-0.39, 0.29) is 35.2 Å². The van der Waals surface area contributed by atoms with Gasteiger partial charge < -0.3 is 0 Å². The second-order valence-corrected chi connectivity index (χ2v) is 13.0. The number of nitrogens with zero attached hydrogens (tertiary/aromatic N) is 3. The maximum atomic E-state index is 13.7. The number of hydrogen-bond donors (Lipinski definition) is 3. The summed E-state index contributed by atoms with van der Waals surface area (Å²) in [6.45, 7) is 0.254. The summed E-state index contributed by atoms with van der Waals surface area (Å²) in [5.41, 5.74) is 2.24. The van der Waals surface area contributed by atoms with E-state index in [2.05, 4.69) is 14.4 Å². The fraction of sp³-hybridized carbons (Fsp3) is 0.231. The fourth-order valence-electron chi connectivity index (χ4n) is 4.60. The largest absolute Gasteiger partial charge is 0.274 e. The molecule has 40 heavy (non-hydrogen) atoms. The molecule has 210 valence electrons. The van der Waals surface area contributed by atoms with E-state index in [0.717, 1.165) is 5.56 Å². The number of halogens is 2. The number of nitrogens with one attached hydrogen (secondary N) is 2. The van der Waals surface area contributed by atoms with Gasteiger partial charge in [-0.15, -0.1) is 0 Å². The van der Waals surface area contributed by atoms with Gasteiger partial charge in [0, 0.05) is 17.0 Å². The summed E-state index contributed by atoms with van der Waals surface area (Å²) < 4.78 is 68.0. The molecule has 1 aliphatic carbocycles. The Morgan fingerprint density at radius 2 is 1.62 bits per heavy atom. The Labute approximate surface area is 237 Å². The van der Waals surface area contributed by atoms with Crippen LogP contribution in [0.2, 0.25) is 5.02 Å². The maximum Gasteiger partial charge on any atom is 0.274 e. The van der Waals surface area contributed by atoms with Crippen LogP contribution in [0.15, 0.2) is 93.9 Å². The van der Waals surface area contributed by atoms with Crippen LogP contribution in [0.5, 0.6) is 0 Å². The van der Waals surface area contributed by atoms with Gasteiger partial charge >= 0.3 is 0 Å². The highest BCUT2D eigenvalue weighted by Gasteiger charge is 2.36. The third kappa shape index (κ3) is 6.67. The molecule has 1 fully saturated rings. The smallest absolute Gasteiger partial charge is 0.248 e. The van der Waals surface area contributed by atoms with Gasteiger partial charge in [0.2, 0.25) is 5.96 Å². The number of sulfonamides is 1. The minimum Gasteiger partial charge on any atom is -0.248 e. The molecule has 1 saturated carbocycles. The van der Waals surface area contributed by atoms with E-state index in [9.17, 15) is 21.2 Å². The Kier molecular flexibility index (Phi) is 7.93. The lowest BCUT2D eigenvalue weighted by atomic mass is 9.88. The molecule has 0 bridgehead atoms. The predicted molar refractivity (Wildman–Crippen MR) is 151 cm³/mol. The van der Waals surface area contributed by atoms with Gasteiger partial charge in [-0.25, -0.2) is 32.7 Å². The van der Waals surface area contributed by atoms with Gasteiger partial charge in [0.25, 0.3) is 20.2 Å². The summed E-state index contributed by atoms with van der Waals surface area (Å²) in [5, 5.41) is 11.7. The standard InChI is InChI=1S/C26H26ClFN6O4S2/c27-19-8-12-23(13-9-19)39(35,36)33-26(30-21-14-22(15-21)32-40(29,37)38)34-16-24(17-4-2-1-3-5-17)25(31-34)18-6-10-20(28)11-7-18/h1-13,21-22,24,32H,14-16H2,(H,30,33)(H2,29,37,38)/t21?,22?,24-/m1/s1. The second kappa shape index (κ2) is 11.3. The summed E-state index contributed by atoms with van der Waals surface area (Å²) >= 11 is 5.94. The first-order valence-electron chi connectivity index (χ1n) is 12.3. The quantitative estimate of drug-likeness (QED) is 0.280. The molecule has 0 spiro atoms. The van der Waals surface area contributed by atoms with E-state index in [1.54, 1.807) is 12.1 Å². The van der Waals surface area contributed by atoms with E-state index < -0.39 is 26.3 Å². The topological polar surface area (TPSA) is 146 Å². The zero-order chi connectivity index (χ0) is 28.5. The number of hydrogen-bond acceptors (Lipinski definition) is 6. The Morgan fingerprint density at radius 1 is 0.975 bits per heavy atom. The van der Waals surface area contributed by atoms with Crippen LogP contribution in [0.1, 0.15) is 29.9 Å². The third-order valence-electron chi connectivity index (χ3n) is 6.60. The molecule has 4 N–H and O–H groups in total. The minimum absolute atomic E-state index is 0.0199. The third-order valence-corrected chi connectivity index (χ3v) is 8.86. The summed E-state index contributed by atoms with van der Waals surface area (Å²) in [6, 6.07) is 20.4. The van der Waals surface area contributed by atoms with Gasteiger partial charge in [-0.2, -0.15) is 18.2 Å². The van der Waals surface area contributed by atoms with E-state index in [1.165, 1.54) is 41.4 Å². The van der Waals surface area contributed by atoms with Crippen molar-refractivity contribution in [1.29, 1.82) is 0 Å². The Hall–Kier alpha value is -3.36. The van der Waals surface area contributed by atoms with Gasteiger partial charge in [-0.3, -0.25) is 0 Å². The van der Waals surface area contributed by atoms with Gasteiger partial charge in [0.1, 0.15) is 5.82 Å².